The van der Waals surface area contributed by atoms with E-state index in [1.54, 1.807) is 0 Å². The molecule has 17 heavy (non-hydrogen) atoms. The van der Waals surface area contributed by atoms with Crippen molar-refractivity contribution in [3.8, 4) is 0 Å². The van der Waals surface area contributed by atoms with Gasteiger partial charge < -0.3 is 14.8 Å². The Kier molecular flexibility index (Phi) is 4.18. The SMILES string of the molecule is CC(O)CCCNCc1cc2ccccc2o1. The predicted molar refractivity (Wildman–Crippen MR) is 68.8 cm³/mol. The first kappa shape index (κ1) is 12.1. The normalized spacial score (nSPS) is 13.1. The summed E-state index contributed by atoms with van der Waals surface area (Å²) in [5, 5.41) is 13.6. The van der Waals surface area contributed by atoms with Crippen molar-refractivity contribution in [2.45, 2.75) is 32.4 Å². The van der Waals surface area contributed by atoms with Crippen LogP contribution in [0, 0.1) is 0 Å². The maximum atomic E-state index is 9.12. The number of fused-ring (bicyclic) bond motifs is 1. The molecule has 1 aromatic carbocycles. The summed E-state index contributed by atoms with van der Waals surface area (Å²) < 4.78 is 5.68. The Balaban J connectivity index is 1.79. The third-order valence-electron chi connectivity index (χ3n) is 2.75. The zero-order chi connectivity index (χ0) is 12.1. The third kappa shape index (κ3) is 3.58. The van der Waals surface area contributed by atoms with Crippen LogP contribution in [0.1, 0.15) is 25.5 Å². The van der Waals surface area contributed by atoms with Gasteiger partial charge in [-0.05, 0) is 38.4 Å². The van der Waals surface area contributed by atoms with Crippen LogP contribution in [-0.2, 0) is 6.54 Å². The number of furan rings is 1. The van der Waals surface area contributed by atoms with Crippen LogP contribution >= 0.6 is 0 Å². The summed E-state index contributed by atoms with van der Waals surface area (Å²) in [6, 6.07) is 10.1. The summed E-state index contributed by atoms with van der Waals surface area (Å²) in [5.74, 6) is 0.961. The molecule has 0 aliphatic rings. The van der Waals surface area contributed by atoms with Gasteiger partial charge in [0.1, 0.15) is 11.3 Å². The van der Waals surface area contributed by atoms with Gasteiger partial charge in [-0.25, -0.2) is 0 Å². The molecule has 0 aliphatic carbocycles. The van der Waals surface area contributed by atoms with E-state index in [4.69, 9.17) is 9.52 Å². The van der Waals surface area contributed by atoms with Gasteiger partial charge in [0, 0.05) is 5.39 Å². The van der Waals surface area contributed by atoms with Crippen LogP contribution in [-0.4, -0.2) is 17.8 Å². The lowest BCUT2D eigenvalue weighted by atomic mass is 10.2. The molecular formula is C14H19NO2. The Hall–Kier alpha value is -1.32. The molecule has 1 atom stereocenters. The standard InChI is InChI=1S/C14H19NO2/c1-11(16)5-4-8-15-10-13-9-12-6-2-3-7-14(12)17-13/h2-3,6-7,9,11,15-16H,4-5,8,10H2,1H3. The topological polar surface area (TPSA) is 45.4 Å². The molecule has 0 bridgehead atoms. The lowest BCUT2D eigenvalue weighted by Gasteiger charge is -2.04. The van der Waals surface area contributed by atoms with Crippen LogP contribution in [0.25, 0.3) is 11.0 Å². The fourth-order valence-corrected chi connectivity index (χ4v) is 1.86. The number of hydrogen-bond donors (Lipinski definition) is 2. The molecule has 1 heterocycles. The van der Waals surface area contributed by atoms with E-state index < -0.39 is 0 Å². The molecule has 0 saturated heterocycles. The fraction of sp³-hybridized carbons (Fsp3) is 0.429. The zero-order valence-corrected chi connectivity index (χ0v) is 10.1. The summed E-state index contributed by atoms with van der Waals surface area (Å²) in [5.41, 5.74) is 0.938. The minimum absolute atomic E-state index is 0.206. The largest absolute Gasteiger partial charge is 0.460 e. The maximum absolute atomic E-state index is 9.12. The van der Waals surface area contributed by atoms with Crippen LogP contribution < -0.4 is 5.32 Å². The smallest absolute Gasteiger partial charge is 0.134 e. The minimum Gasteiger partial charge on any atom is -0.460 e. The number of aliphatic hydroxyl groups is 1. The van der Waals surface area contributed by atoms with Crippen LogP contribution in [0.4, 0.5) is 0 Å². The second-order valence-electron chi connectivity index (χ2n) is 4.42. The molecular weight excluding hydrogens is 214 g/mol. The van der Waals surface area contributed by atoms with Crippen molar-refractivity contribution in [2.24, 2.45) is 0 Å². The highest BCUT2D eigenvalue weighted by atomic mass is 16.3. The highest BCUT2D eigenvalue weighted by Gasteiger charge is 2.02. The molecule has 2 N–H and O–H groups in total. The molecule has 0 amide bonds. The Morgan fingerprint density at radius 2 is 2.18 bits per heavy atom. The number of para-hydroxylation sites is 1. The van der Waals surface area contributed by atoms with Gasteiger partial charge in [0.05, 0.1) is 12.6 Å². The molecule has 0 spiro atoms. The second kappa shape index (κ2) is 5.84. The van der Waals surface area contributed by atoms with Crippen molar-refractivity contribution in [3.05, 3.63) is 36.1 Å². The summed E-state index contributed by atoms with van der Waals surface area (Å²) in [6.07, 6.45) is 1.62. The summed E-state index contributed by atoms with van der Waals surface area (Å²) in [6.45, 7) is 3.47. The molecule has 1 unspecified atom stereocenters. The van der Waals surface area contributed by atoms with E-state index in [9.17, 15) is 0 Å². The highest BCUT2D eigenvalue weighted by molar-refractivity contribution is 5.77. The van der Waals surface area contributed by atoms with Gasteiger partial charge in [-0.3, -0.25) is 0 Å². The highest BCUT2D eigenvalue weighted by Crippen LogP contribution is 2.18. The van der Waals surface area contributed by atoms with Gasteiger partial charge in [0.25, 0.3) is 0 Å². The first-order valence-electron chi connectivity index (χ1n) is 6.12. The lowest BCUT2D eigenvalue weighted by Crippen LogP contribution is -2.15. The van der Waals surface area contributed by atoms with Crippen molar-refractivity contribution in [3.63, 3.8) is 0 Å². The van der Waals surface area contributed by atoms with Crippen LogP contribution in [0.15, 0.2) is 34.7 Å². The number of rotatable bonds is 6. The van der Waals surface area contributed by atoms with Crippen molar-refractivity contribution in [1.29, 1.82) is 0 Å². The molecule has 0 aliphatic heterocycles. The van der Waals surface area contributed by atoms with E-state index in [-0.39, 0.29) is 6.10 Å². The van der Waals surface area contributed by atoms with Crippen molar-refractivity contribution in [1.82, 2.24) is 5.32 Å². The minimum atomic E-state index is -0.206. The van der Waals surface area contributed by atoms with E-state index in [0.717, 1.165) is 42.7 Å². The average Bonchev–Trinajstić information content (AvgIpc) is 2.70. The van der Waals surface area contributed by atoms with E-state index in [0.29, 0.717) is 0 Å². The quantitative estimate of drug-likeness (QED) is 0.754. The molecule has 2 rings (SSSR count). The second-order valence-corrected chi connectivity index (χ2v) is 4.42. The van der Waals surface area contributed by atoms with E-state index in [1.165, 1.54) is 0 Å². The monoisotopic (exact) mass is 233 g/mol. The summed E-state index contributed by atoms with van der Waals surface area (Å²) in [4.78, 5) is 0. The first-order valence-corrected chi connectivity index (χ1v) is 6.12. The van der Waals surface area contributed by atoms with Gasteiger partial charge in [0.2, 0.25) is 0 Å². The molecule has 2 aromatic rings. The van der Waals surface area contributed by atoms with Crippen LogP contribution in [0.5, 0.6) is 0 Å². The molecule has 3 heteroatoms. The lowest BCUT2D eigenvalue weighted by molar-refractivity contribution is 0.181. The van der Waals surface area contributed by atoms with E-state index >= 15 is 0 Å². The van der Waals surface area contributed by atoms with Gasteiger partial charge in [-0.2, -0.15) is 0 Å². The Labute approximate surface area is 101 Å². The van der Waals surface area contributed by atoms with E-state index in [1.807, 2.05) is 25.1 Å². The molecule has 92 valence electrons. The Morgan fingerprint density at radius 3 is 2.94 bits per heavy atom. The predicted octanol–water partition coefficient (Wildman–Crippen LogP) is 2.68. The fourth-order valence-electron chi connectivity index (χ4n) is 1.86. The number of nitrogens with one attached hydrogen (secondary N) is 1. The van der Waals surface area contributed by atoms with Gasteiger partial charge in [-0.15, -0.1) is 0 Å². The van der Waals surface area contributed by atoms with Crippen LogP contribution in [0.3, 0.4) is 0 Å². The number of hydrogen-bond acceptors (Lipinski definition) is 3. The first-order chi connectivity index (χ1) is 8.25. The van der Waals surface area contributed by atoms with E-state index in [2.05, 4.69) is 17.4 Å². The van der Waals surface area contributed by atoms with Crippen LogP contribution in [0.2, 0.25) is 0 Å². The number of benzene rings is 1. The van der Waals surface area contributed by atoms with Crippen molar-refractivity contribution >= 4 is 11.0 Å². The van der Waals surface area contributed by atoms with Gasteiger partial charge in [-0.1, -0.05) is 18.2 Å². The Bertz CT molecular complexity index is 429. The average molecular weight is 233 g/mol. The van der Waals surface area contributed by atoms with Gasteiger partial charge in [0.15, 0.2) is 0 Å². The van der Waals surface area contributed by atoms with Crippen molar-refractivity contribution < 1.29 is 9.52 Å². The Morgan fingerprint density at radius 1 is 1.35 bits per heavy atom. The molecule has 3 nitrogen and oxygen atoms in total. The van der Waals surface area contributed by atoms with Crippen molar-refractivity contribution in [2.75, 3.05) is 6.54 Å². The molecule has 0 saturated carbocycles. The summed E-state index contributed by atoms with van der Waals surface area (Å²) >= 11 is 0. The maximum Gasteiger partial charge on any atom is 0.134 e. The number of aliphatic hydroxyl groups excluding tert-OH is 1. The molecule has 1 aromatic heterocycles. The zero-order valence-electron chi connectivity index (χ0n) is 10.1. The third-order valence-corrected chi connectivity index (χ3v) is 2.75. The summed E-state index contributed by atoms with van der Waals surface area (Å²) in [7, 11) is 0. The molecule has 0 radical (unpaired) electrons. The van der Waals surface area contributed by atoms with Gasteiger partial charge >= 0.3 is 0 Å². The molecule has 0 fully saturated rings.